The number of hydrogen-bond donors (Lipinski definition) is 0. The van der Waals surface area contributed by atoms with Crippen molar-refractivity contribution in [2.45, 2.75) is 6.92 Å². The van der Waals surface area contributed by atoms with Gasteiger partial charge in [-0.3, -0.25) is 0 Å². The molecule has 0 unspecified atom stereocenters. The van der Waals surface area contributed by atoms with Crippen LogP contribution in [0.1, 0.15) is 11.3 Å². The highest BCUT2D eigenvalue weighted by molar-refractivity contribution is 5.84. The van der Waals surface area contributed by atoms with E-state index in [1.165, 1.54) is 22.2 Å². The van der Waals surface area contributed by atoms with Crippen molar-refractivity contribution >= 4 is 23.2 Å². The van der Waals surface area contributed by atoms with Gasteiger partial charge in [-0.25, -0.2) is 0 Å². The van der Waals surface area contributed by atoms with Crippen molar-refractivity contribution in [3.63, 3.8) is 0 Å². The minimum absolute atomic E-state index is 1.22. The minimum atomic E-state index is 1.22. The van der Waals surface area contributed by atoms with Gasteiger partial charge < -0.3 is 4.57 Å². The Labute approximate surface area is 107 Å². The molecule has 2 aromatic carbocycles. The lowest BCUT2D eigenvalue weighted by Gasteiger charge is -2.01. The van der Waals surface area contributed by atoms with Crippen molar-refractivity contribution in [2.75, 3.05) is 0 Å². The number of fused-ring (bicyclic) bond motifs is 1. The second kappa shape index (κ2) is 4.53. The van der Waals surface area contributed by atoms with Gasteiger partial charge in [-0.05, 0) is 30.7 Å². The summed E-state index contributed by atoms with van der Waals surface area (Å²) in [7, 11) is 0. The molecule has 1 nitrogen and oxygen atoms in total. The van der Waals surface area contributed by atoms with E-state index in [1.807, 2.05) is 6.07 Å². The van der Waals surface area contributed by atoms with Gasteiger partial charge in [0, 0.05) is 17.3 Å². The minimum Gasteiger partial charge on any atom is -0.321 e. The summed E-state index contributed by atoms with van der Waals surface area (Å²) in [5.74, 6) is 0. The van der Waals surface area contributed by atoms with Crippen LogP contribution in [-0.4, -0.2) is 4.57 Å². The molecule has 0 saturated carbocycles. The summed E-state index contributed by atoms with van der Waals surface area (Å²) < 4.78 is 2.22. The molecule has 1 aromatic heterocycles. The zero-order valence-corrected chi connectivity index (χ0v) is 10.4. The van der Waals surface area contributed by atoms with Gasteiger partial charge >= 0.3 is 0 Å². The van der Waals surface area contributed by atoms with Crippen molar-refractivity contribution in [1.29, 1.82) is 0 Å². The summed E-state index contributed by atoms with van der Waals surface area (Å²) in [5.41, 5.74) is 3.72. The third kappa shape index (κ3) is 1.95. The lowest BCUT2D eigenvalue weighted by molar-refractivity contribution is 1.13. The molecular weight excluding hydrogens is 218 g/mol. The molecule has 0 amide bonds. The molecule has 0 aliphatic carbocycles. The highest BCUT2D eigenvalue weighted by atomic mass is 15.0. The van der Waals surface area contributed by atoms with E-state index >= 15 is 0 Å². The van der Waals surface area contributed by atoms with E-state index in [0.29, 0.717) is 0 Å². The van der Waals surface area contributed by atoms with Crippen LogP contribution < -0.4 is 0 Å². The number of para-hydroxylation sites is 1. The number of nitrogens with zero attached hydrogens (tertiary/aromatic N) is 1. The predicted octanol–water partition coefficient (Wildman–Crippen LogP) is 4.58. The van der Waals surface area contributed by atoms with Gasteiger partial charge in [0.25, 0.3) is 0 Å². The molecule has 3 aromatic rings. The topological polar surface area (TPSA) is 4.93 Å². The van der Waals surface area contributed by atoms with E-state index in [-0.39, 0.29) is 0 Å². The summed E-state index contributed by atoms with van der Waals surface area (Å²) in [6.45, 7) is 2.13. The Balaban J connectivity index is 2.05. The summed E-state index contributed by atoms with van der Waals surface area (Å²) in [4.78, 5) is 0. The Kier molecular flexibility index (Phi) is 2.73. The van der Waals surface area contributed by atoms with Crippen molar-refractivity contribution in [3.05, 3.63) is 71.9 Å². The van der Waals surface area contributed by atoms with Gasteiger partial charge in [-0.1, -0.05) is 48.5 Å². The second-order valence-electron chi connectivity index (χ2n) is 4.44. The molecule has 1 heteroatoms. The van der Waals surface area contributed by atoms with Crippen LogP contribution in [0.3, 0.4) is 0 Å². The highest BCUT2D eigenvalue weighted by Crippen LogP contribution is 2.20. The first-order valence-electron chi connectivity index (χ1n) is 6.14. The molecule has 0 saturated heterocycles. The smallest absolute Gasteiger partial charge is 0.0525 e. The Morgan fingerprint density at radius 1 is 0.889 bits per heavy atom. The molecule has 0 aliphatic heterocycles. The summed E-state index contributed by atoms with van der Waals surface area (Å²) in [5, 5.41) is 1.28. The van der Waals surface area contributed by atoms with Crippen LogP contribution in [0, 0.1) is 6.92 Å². The molecule has 0 N–H and O–H groups in total. The van der Waals surface area contributed by atoms with Crippen LogP contribution in [0.25, 0.3) is 23.2 Å². The van der Waals surface area contributed by atoms with Gasteiger partial charge in [0.1, 0.15) is 0 Å². The lowest BCUT2D eigenvalue weighted by Crippen LogP contribution is -1.87. The van der Waals surface area contributed by atoms with Crippen LogP contribution in [0.2, 0.25) is 0 Å². The molecule has 3 rings (SSSR count). The number of hydrogen-bond acceptors (Lipinski definition) is 0. The van der Waals surface area contributed by atoms with Gasteiger partial charge in [0.05, 0.1) is 5.52 Å². The SMILES string of the molecule is Cc1cc2ccccc2n1/C=C/c1ccccc1. The Morgan fingerprint density at radius 2 is 1.61 bits per heavy atom. The van der Waals surface area contributed by atoms with Crippen LogP contribution in [0.5, 0.6) is 0 Å². The largest absolute Gasteiger partial charge is 0.321 e. The monoisotopic (exact) mass is 233 g/mol. The van der Waals surface area contributed by atoms with Crippen molar-refractivity contribution in [1.82, 2.24) is 4.57 Å². The Bertz CT molecular complexity index is 690. The lowest BCUT2D eigenvalue weighted by atomic mass is 10.2. The van der Waals surface area contributed by atoms with Crippen LogP contribution in [-0.2, 0) is 0 Å². The summed E-state index contributed by atoms with van der Waals surface area (Å²) in [6.07, 6.45) is 4.27. The predicted molar refractivity (Wildman–Crippen MR) is 78.3 cm³/mol. The Hall–Kier alpha value is -2.28. The first kappa shape index (κ1) is 10.8. The molecule has 0 fully saturated rings. The van der Waals surface area contributed by atoms with E-state index in [2.05, 4.69) is 78.4 Å². The second-order valence-corrected chi connectivity index (χ2v) is 4.44. The molecule has 1 heterocycles. The number of rotatable bonds is 2. The average Bonchev–Trinajstić information content (AvgIpc) is 2.73. The first-order valence-corrected chi connectivity index (χ1v) is 6.14. The third-order valence-electron chi connectivity index (χ3n) is 3.16. The fraction of sp³-hybridized carbons (Fsp3) is 0.0588. The summed E-state index contributed by atoms with van der Waals surface area (Å²) in [6, 6.07) is 21.0. The zero-order valence-electron chi connectivity index (χ0n) is 10.4. The van der Waals surface area contributed by atoms with E-state index in [4.69, 9.17) is 0 Å². The molecule has 0 spiro atoms. The first-order chi connectivity index (χ1) is 8.84. The molecule has 0 atom stereocenters. The van der Waals surface area contributed by atoms with Crippen molar-refractivity contribution < 1.29 is 0 Å². The van der Waals surface area contributed by atoms with E-state index in [1.54, 1.807) is 0 Å². The molecule has 0 aliphatic rings. The fourth-order valence-corrected chi connectivity index (χ4v) is 2.24. The van der Waals surface area contributed by atoms with Crippen LogP contribution >= 0.6 is 0 Å². The van der Waals surface area contributed by atoms with Gasteiger partial charge in [0.2, 0.25) is 0 Å². The van der Waals surface area contributed by atoms with Crippen molar-refractivity contribution in [3.8, 4) is 0 Å². The molecule has 0 bridgehead atoms. The van der Waals surface area contributed by atoms with Crippen molar-refractivity contribution in [2.24, 2.45) is 0 Å². The van der Waals surface area contributed by atoms with E-state index in [0.717, 1.165) is 0 Å². The zero-order chi connectivity index (χ0) is 12.4. The maximum atomic E-state index is 2.22. The molecule has 0 radical (unpaired) electrons. The maximum Gasteiger partial charge on any atom is 0.0525 e. The number of benzene rings is 2. The van der Waals surface area contributed by atoms with Gasteiger partial charge in [-0.2, -0.15) is 0 Å². The van der Waals surface area contributed by atoms with Crippen LogP contribution in [0.4, 0.5) is 0 Å². The number of aryl methyl sites for hydroxylation is 1. The average molecular weight is 233 g/mol. The quantitative estimate of drug-likeness (QED) is 0.610. The third-order valence-corrected chi connectivity index (χ3v) is 3.16. The Morgan fingerprint density at radius 3 is 2.44 bits per heavy atom. The maximum absolute atomic E-state index is 2.22. The fourth-order valence-electron chi connectivity index (χ4n) is 2.24. The standard InChI is InChI=1S/C17H15N/c1-14-13-16-9-5-6-10-17(16)18(14)12-11-15-7-3-2-4-8-15/h2-13H,1H3/b12-11+. The normalized spacial score (nSPS) is 11.4. The van der Waals surface area contributed by atoms with Gasteiger partial charge in [0.15, 0.2) is 0 Å². The summed E-state index contributed by atoms with van der Waals surface area (Å²) >= 11 is 0. The number of aromatic nitrogens is 1. The highest BCUT2D eigenvalue weighted by Gasteiger charge is 2.01. The van der Waals surface area contributed by atoms with E-state index in [9.17, 15) is 0 Å². The molecule has 18 heavy (non-hydrogen) atoms. The molecule has 88 valence electrons. The van der Waals surface area contributed by atoms with Gasteiger partial charge in [-0.15, -0.1) is 0 Å². The van der Waals surface area contributed by atoms with Crippen LogP contribution in [0.15, 0.2) is 60.7 Å². The van der Waals surface area contributed by atoms with E-state index < -0.39 is 0 Å². The molecular formula is C17H15N.